The zero-order chi connectivity index (χ0) is 23.4. The third-order valence-electron chi connectivity index (χ3n) is 6.23. The smallest absolute Gasteiger partial charge is 0.419 e. The Morgan fingerprint density at radius 3 is 2.62 bits per heavy atom. The largest absolute Gasteiger partial charge is 0.505 e. The van der Waals surface area contributed by atoms with Crippen LogP contribution >= 0.6 is 0 Å². The summed E-state index contributed by atoms with van der Waals surface area (Å²) in [6.07, 6.45) is -4.30. The second-order valence-corrected chi connectivity index (χ2v) is 8.05. The number of fused-ring (bicyclic) bond motifs is 2. The summed E-state index contributed by atoms with van der Waals surface area (Å²) in [4.78, 5) is 12.4. The second kappa shape index (κ2) is 7.47. The zero-order valence-electron chi connectivity index (χ0n) is 17.2. The molecule has 0 aliphatic heterocycles. The van der Waals surface area contributed by atoms with E-state index in [4.69, 9.17) is 0 Å². The summed E-state index contributed by atoms with van der Waals surface area (Å²) in [5.74, 6) is -2.58. The minimum absolute atomic E-state index is 0.0354. The van der Waals surface area contributed by atoms with Crippen LogP contribution < -0.4 is 10.9 Å². The zero-order valence-corrected chi connectivity index (χ0v) is 17.2. The third kappa shape index (κ3) is 3.21. The van der Waals surface area contributed by atoms with Crippen LogP contribution in [0.25, 0.3) is 10.8 Å². The molecule has 10 heteroatoms. The van der Waals surface area contributed by atoms with Gasteiger partial charge in [0, 0.05) is 23.7 Å². The van der Waals surface area contributed by atoms with Gasteiger partial charge in [-0.2, -0.15) is 18.3 Å². The molecule has 3 atom stereocenters. The molecule has 6 nitrogen and oxygen atoms in total. The van der Waals surface area contributed by atoms with Crippen LogP contribution in [0.4, 0.5) is 23.2 Å². The van der Waals surface area contributed by atoms with Gasteiger partial charge in [0.15, 0.2) is 17.2 Å². The highest BCUT2D eigenvalue weighted by atomic mass is 19.4. The van der Waals surface area contributed by atoms with E-state index in [0.717, 1.165) is 16.8 Å². The molecule has 0 bridgehead atoms. The van der Waals surface area contributed by atoms with Crippen LogP contribution in [0.2, 0.25) is 0 Å². The number of halogens is 4. The Balaban J connectivity index is 1.95. The Kier molecular flexibility index (Phi) is 5.15. The van der Waals surface area contributed by atoms with Crippen molar-refractivity contribution in [3.63, 3.8) is 0 Å². The molecule has 0 fully saturated rings. The maximum Gasteiger partial charge on any atom is 0.419 e. The number of phenols is 1. The third-order valence-corrected chi connectivity index (χ3v) is 6.23. The Labute approximate surface area is 180 Å². The van der Waals surface area contributed by atoms with Gasteiger partial charge in [-0.25, -0.2) is 9.07 Å². The normalized spacial score (nSPS) is 23.2. The number of alkyl halides is 3. The van der Waals surface area contributed by atoms with Crippen LogP contribution in [-0.4, -0.2) is 31.8 Å². The summed E-state index contributed by atoms with van der Waals surface area (Å²) in [6.45, 7) is 1.61. The minimum Gasteiger partial charge on any atom is -0.505 e. The molecule has 0 spiro atoms. The van der Waals surface area contributed by atoms with Gasteiger partial charge in [-0.1, -0.05) is 19.1 Å². The molecule has 4 rings (SSSR count). The SMILES string of the molecule is CC[C@H]1C[C@](O)(C(F)(F)F)[C@@H](Nc2cccc3c(=O)n(C)ncc23)c2ccc(F)c(O)c21. The predicted octanol–water partition coefficient (Wildman–Crippen LogP) is 4.12. The number of hydrogen-bond acceptors (Lipinski definition) is 5. The fraction of sp³-hybridized carbons (Fsp3) is 0.364. The van der Waals surface area contributed by atoms with Gasteiger partial charge in [-0.05, 0) is 42.5 Å². The van der Waals surface area contributed by atoms with E-state index in [1.54, 1.807) is 6.92 Å². The maximum atomic E-state index is 14.2. The van der Waals surface area contributed by atoms with Crippen LogP contribution in [0.1, 0.15) is 42.9 Å². The number of aliphatic hydroxyl groups is 1. The summed E-state index contributed by atoms with van der Waals surface area (Å²) in [5.41, 5.74) is -3.53. The summed E-state index contributed by atoms with van der Waals surface area (Å²) in [6, 6.07) is 4.74. The van der Waals surface area contributed by atoms with Crippen molar-refractivity contribution in [3.8, 4) is 5.75 Å². The fourth-order valence-electron chi connectivity index (χ4n) is 4.50. The first-order valence-corrected chi connectivity index (χ1v) is 10.0. The number of benzene rings is 2. The highest BCUT2D eigenvalue weighted by Gasteiger charge is 2.62. The number of aromatic nitrogens is 2. The molecule has 0 amide bonds. The standard InChI is InChI=1S/C22H21F4N3O3/c1-3-11-9-21(32,22(24,25)26)19(13-7-8-15(23)18(30)17(11)13)28-16-6-4-5-12-14(16)10-27-29(2)20(12)31/h4-8,10-11,19,28,30,32H,3,9H2,1-2H3/t11-,19-,21+/m0/s1. The van der Waals surface area contributed by atoms with E-state index in [-0.39, 0.29) is 34.0 Å². The first kappa shape index (κ1) is 22.1. The quantitative estimate of drug-likeness (QED) is 0.522. The molecule has 32 heavy (non-hydrogen) atoms. The van der Waals surface area contributed by atoms with Crippen molar-refractivity contribution in [3.05, 3.63) is 63.8 Å². The Hall–Kier alpha value is -3.14. The van der Waals surface area contributed by atoms with Crippen molar-refractivity contribution in [2.75, 3.05) is 5.32 Å². The van der Waals surface area contributed by atoms with Gasteiger partial charge in [-0.3, -0.25) is 4.79 Å². The van der Waals surface area contributed by atoms with Gasteiger partial charge in [0.1, 0.15) is 0 Å². The first-order valence-electron chi connectivity index (χ1n) is 10.0. The number of aromatic hydroxyl groups is 1. The van der Waals surface area contributed by atoms with Crippen LogP contribution in [0.3, 0.4) is 0 Å². The molecular formula is C22H21F4N3O3. The van der Waals surface area contributed by atoms with Crippen molar-refractivity contribution in [2.45, 2.75) is 43.5 Å². The molecule has 0 radical (unpaired) electrons. The lowest BCUT2D eigenvalue weighted by molar-refractivity contribution is -0.272. The summed E-state index contributed by atoms with van der Waals surface area (Å²) >= 11 is 0. The average molecular weight is 451 g/mol. The summed E-state index contributed by atoms with van der Waals surface area (Å²) < 4.78 is 57.8. The lowest BCUT2D eigenvalue weighted by Crippen LogP contribution is -2.55. The molecule has 2 aromatic carbocycles. The molecule has 0 saturated heterocycles. The van der Waals surface area contributed by atoms with Crippen molar-refractivity contribution in [1.29, 1.82) is 0 Å². The Morgan fingerprint density at radius 2 is 1.97 bits per heavy atom. The average Bonchev–Trinajstić information content (AvgIpc) is 2.74. The van der Waals surface area contributed by atoms with Gasteiger partial charge >= 0.3 is 6.18 Å². The van der Waals surface area contributed by atoms with E-state index < -0.39 is 47.3 Å². The molecule has 3 N–H and O–H groups in total. The van der Waals surface area contributed by atoms with E-state index in [1.165, 1.54) is 31.4 Å². The number of hydrogen-bond donors (Lipinski definition) is 3. The lowest BCUT2D eigenvalue weighted by Gasteiger charge is -2.45. The van der Waals surface area contributed by atoms with E-state index in [9.17, 15) is 32.6 Å². The molecule has 1 aromatic heterocycles. The van der Waals surface area contributed by atoms with Crippen LogP contribution in [0.5, 0.6) is 5.75 Å². The molecule has 0 saturated carbocycles. The summed E-state index contributed by atoms with van der Waals surface area (Å²) in [7, 11) is 1.45. The number of nitrogens with zero attached hydrogens (tertiary/aromatic N) is 2. The van der Waals surface area contributed by atoms with Gasteiger partial charge in [0.2, 0.25) is 0 Å². The molecule has 1 aliphatic carbocycles. The number of phenolic OH excluding ortho intramolecular Hbond substituents is 1. The van der Waals surface area contributed by atoms with E-state index in [2.05, 4.69) is 10.4 Å². The monoisotopic (exact) mass is 451 g/mol. The van der Waals surface area contributed by atoms with Gasteiger partial charge in [0.25, 0.3) is 5.56 Å². The van der Waals surface area contributed by atoms with Gasteiger partial charge in [-0.15, -0.1) is 0 Å². The van der Waals surface area contributed by atoms with Crippen molar-refractivity contribution in [1.82, 2.24) is 9.78 Å². The topological polar surface area (TPSA) is 87.4 Å². The second-order valence-electron chi connectivity index (χ2n) is 8.05. The Bertz CT molecular complexity index is 1260. The van der Waals surface area contributed by atoms with Crippen LogP contribution in [0.15, 0.2) is 41.3 Å². The van der Waals surface area contributed by atoms with Crippen molar-refractivity contribution >= 4 is 16.5 Å². The molecule has 1 heterocycles. The number of aryl methyl sites for hydroxylation is 1. The minimum atomic E-state index is -5.03. The predicted molar refractivity (Wildman–Crippen MR) is 110 cm³/mol. The van der Waals surface area contributed by atoms with Crippen molar-refractivity contribution in [2.24, 2.45) is 7.05 Å². The number of rotatable bonds is 3. The molecule has 170 valence electrons. The fourth-order valence-corrected chi connectivity index (χ4v) is 4.50. The van der Waals surface area contributed by atoms with E-state index >= 15 is 0 Å². The maximum absolute atomic E-state index is 14.2. The van der Waals surface area contributed by atoms with E-state index in [1.807, 2.05) is 0 Å². The summed E-state index contributed by atoms with van der Waals surface area (Å²) in [5, 5.41) is 28.4. The lowest BCUT2D eigenvalue weighted by atomic mass is 9.69. The van der Waals surface area contributed by atoms with Crippen molar-refractivity contribution < 1.29 is 27.8 Å². The Morgan fingerprint density at radius 1 is 1.25 bits per heavy atom. The van der Waals surface area contributed by atoms with Crippen LogP contribution in [0, 0.1) is 5.82 Å². The highest BCUT2D eigenvalue weighted by Crippen LogP contribution is 2.55. The number of anilines is 1. The number of nitrogens with one attached hydrogen (secondary N) is 1. The molecule has 1 aliphatic rings. The molecular weight excluding hydrogens is 430 g/mol. The first-order chi connectivity index (χ1) is 15.0. The molecule has 0 unspecified atom stereocenters. The molecule has 3 aromatic rings. The highest BCUT2D eigenvalue weighted by molar-refractivity contribution is 5.92. The van der Waals surface area contributed by atoms with Gasteiger partial charge in [0.05, 0.1) is 17.6 Å². The van der Waals surface area contributed by atoms with E-state index in [0.29, 0.717) is 0 Å². The van der Waals surface area contributed by atoms with Gasteiger partial charge < -0.3 is 15.5 Å². The van der Waals surface area contributed by atoms with Crippen LogP contribution in [-0.2, 0) is 7.05 Å².